The second-order valence-corrected chi connectivity index (χ2v) is 16.8. The van der Waals surface area contributed by atoms with Gasteiger partial charge in [-0.25, -0.2) is 10.0 Å². The number of carbonyl (C=O) groups is 2. The second-order valence-electron chi connectivity index (χ2n) is 12.2. The van der Waals surface area contributed by atoms with Crippen molar-refractivity contribution in [3.63, 3.8) is 0 Å². The molecule has 3 aromatic rings. The van der Waals surface area contributed by atoms with Gasteiger partial charge < -0.3 is 15.0 Å². The fourth-order valence-corrected chi connectivity index (χ4v) is 6.48. The molecule has 9 nitrogen and oxygen atoms in total. The number of hydrogen-bond acceptors (Lipinski definition) is 7. The average Bonchev–Trinajstić information content (AvgIpc) is 3.38. The quantitative estimate of drug-likeness (QED) is 0.160. The van der Waals surface area contributed by atoms with Crippen LogP contribution in [0.5, 0.6) is 5.75 Å². The van der Waals surface area contributed by atoms with E-state index in [1.807, 2.05) is 55.6 Å². The van der Waals surface area contributed by atoms with Gasteiger partial charge in [-0.3, -0.25) is 30.3 Å². The molecule has 11 heteroatoms. The van der Waals surface area contributed by atoms with Gasteiger partial charge in [0.1, 0.15) is 29.7 Å². The largest absolute Gasteiger partial charge is 0.497 e. The number of rotatable bonds is 7. The van der Waals surface area contributed by atoms with E-state index in [1.54, 1.807) is 37.1 Å². The Labute approximate surface area is 278 Å². The van der Waals surface area contributed by atoms with E-state index in [0.29, 0.717) is 22.2 Å². The number of amidine groups is 2. The van der Waals surface area contributed by atoms with Gasteiger partial charge in [-0.15, -0.1) is 0 Å². The van der Waals surface area contributed by atoms with Crippen molar-refractivity contribution < 1.29 is 14.3 Å². The number of benzodiazepines with no additional fused rings is 1. The van der Waals surface area contributed by atoms with Crippen LogP contribution < -0.4 is 15.0 Å². The van der Waals surface area contributed by atoms with Crippen LogP contribution in [-0.2, 0) is 4.79 Å². The standard InChI is InChI=1S/C25H29ClN6O2.C10H14OS/c1-15(27)32-22-9-8-19(34-3)12-20(22)24(16-4-6-17(26)7-5-16)30-21(25(32)28)13-23(33)29-18-10-11-31(2)14-18;1-12(2,3)10-6-4-9(8-11)5-7-10/h4-9,12,18,21,27-28H,10-11,13-14H2,1-3H3,(H,29,33);4-8H,1-3H3/t18?,21-;/m0./s1. The van der Waals surface area contributed by atoms with E-state index in [9.17, 15) is 9.59 Å². The highest BCUT2D eigenvalue weighted by atomic mass is 35.5. The number of aldehydes is 1. The van der Waals surface area contributed by atoms with E-state index in [-0.39, 0.29) is 30.0 Å². The number of benzene rings is 3. The Morgan fingerprint density at radius 1 is 1.11 bits per heavy atom. The normalized spacial score (nSPS) is 18.4. The van der Waals surface area contributed by atoms with Gasteiger partial charge in [0.25, 0.3) is 0 Å². The molecule has 0 aliphatic carbocycles. The van der Waals surface area contributed by atoms with Crippen LogP contribution in [0, 0.1) is 10.8 Å². The molecule has 46 heavy (non-hydrogen) atoms. The Morgan fingerprint density at radius 2 is 1.78 bits per heavy atom. The molecule has 1 amide bonds. The summed E-state index contributed by atoms with van der Waals surface area (Å²) in [7, 11) is 2.98. The van der Waals surface area contributed by atoms with E-state index in [4.69, 9.17) is 32.1 Å². The van der Waals surface area contributed by atoms with Gasteiger partial charge in [0, 0.05) is 34.3 Å². The number of nitrogens with zero attached hydrogens (tertiary/aromatic N) is 3. The summed E-state index contributed by atoms with van der Waals surface area (Å²) >= 11 is 6.12. The maximum atomic E-state index is 13.0. The lowest BCUT2D eigenvalue weighted by Gasteiger charge is -2.26. The first-order chi connectivity index (χ1) is 21.8. The van der Waals surface area contributed by atoms with Gasteiger partial charge in [-0.05, 0) is 93.1 Å². The Kier molecular flexibility index (Phi) is 11.4. The van der Waals surface area contributed by atoms with Crippen molar-refractivity contribution in [2.45, 2.75) is 36.7 Å². The number of likely N-dealkylation sites (tertiary alicyclic amines) is 1. The summed E-state index contributed by atoms with van der Waals surface area (Å²) in [4.78, 5) is 33.3. The minimum absolute atomic E-state index is 0.0189. The van der Waals surface area contributed by atoms with Crippen molar-refractivity contribution in [2.24, 2.45) is 4.99 Å². The van der Waals surface area contributed by atoms with Crippen molar-refractivity contribution in [3.05, 3.63) is 88.4 Å². The molecule has 3 aromatic carbocycles. The summed E-state index contributed by atoms with van der Waals surface area (Å²) in [6.45, 7) is 3.38. The van der Waals surface area contributed by atoms with E-state index >= 15 is 0 Å². The number of carbonyl (C=O) groups excluding carboxylic acids is 2. The van der Waals surface area contributed by atoms with Crippen molar-refractivity contribution in [2.75, 3.05) is 50.9 Å². The van der Waals surface area contributed by atoms with Gasteiger partial charge >= 0.3 is 0 Å². The summed E-state index contributed by atoms with van der Waals surface area (Å²) in [6, 6.07) is 19.9. The zero-order valence-electron chi connectivity index (χ0n) is 27.3. The van der Waals surface area contributed by atoms with Crippen LogP contribution in [0.15, 0.2) is 76.6 Å². The molecule has 2 heterocycles. The van der Waals surface area contributed by atoms with Gasteiger partial charge in [0.05, 0.1) is 24.9 Å². The highest BCUT2D eigenvalue weighted by Crippen LogP contribution is 2.44. The number of aliphatic imine (C=N–C) groups is 1. The van der Waals surface area contributed by atoms with Gasteiger partial charge in [-0.2, -0.15) is 0 Å². The molecule has 3 N–H and O–H groups in total. The summed E-state index contributed by atoms with van der Waals surface area (Å²) in [5.41, 5.74) is 3.55. The van der Waals surface area contributed by atoms with Crippen LogP contribution in [0.1, 0.15) is 41.3 Å². The topological polar surface area (TPSA) is 122 Å². The average molecular weight is 663 g/mol. The molecule has 2 atom stereocenters. The first kappa shape index (κ1) is 34.9. The maximum Gasteiger partial charge on any atom is 0.222 e. The zero-order valence-corrected chi connectivity index (χ0v) is 28.8. The highest BCUT2D eigenvalue weighted by molar-refractivity contribution is 8.32. The van der Waals surface area contributed by atoms with Crippen molar-refractivity contribution in [3.8, 4) is 5.75 Å². The van der Waals surface area contributed by atoms with Crippen LogP contribution >= 0.6 is 21.6 Å². The molecular weight excluding hydrogens is 620 g/mol. The zero-order chi connectivity index (χ0) is 33.6. The van der Waals surface area contributed by atoms with E-state index in [2.05, 4.69) is 29.0 Å². The maximum absolute atomic E-state index is 13.0. The number of halogens is 1. The number of likely N-dealkylation sites (N-methyl/N-ethyl adjacent to an activating group) is 1. The molecule has 0 radical (unpaired) electrons. The molecule has 2 aliphatic heterocycles. The van der Waals surface area contributed by atoms with Crippen molar-refractivity contribution in [1.82, 2.24) is 10.2 Å². The number of amides is 1. The van der Waals surface area contributed by atoms with Crippen LogP contribution in [0.2, 0.25) is 5.02 Å². The number of nitrogens with one attached hydrogen (secondary N) is 3. The van der Waals surface area contributed by atoms with Crippen molar-refractivity contribution >= 4 is 56.9 Å². The highest BCUT2D eigenvalue weighted by Gasteiger charge is 2.33. The van der Waals surface area contributed by atoms with Gasteiger partial charge in [0.15, 0.2) is 0 Å². The molecule has 0 bridgehead atoms. The molecule has 5 rings (SSSR count). The molecule has 1 unspecified atom stereocenters. The third kappa shape index (κ3) is 8.63. The summed E-state index contributed by atoms with van der Waals surface area (Å²) in [5.74, 6) is 0.741. The number of anilines is 1. The van der Waals surface area contributed by atoms with Crippen LogP contribution in [-0.4, -0.2) is 92.6 Å². The predicted octanol–water partition coefficient (Wildman–Crippen LogP) is 6.11. The second kappa shape index (κ2) is 15.1. The van der Waals surface area contributed by atoms with Crippen LogP contribution in [0.4, 0.5) is 5.69 Å². The smallest absolute Gasteiger partial charge is 0.222 e. The first-order valence-corrected chi connectivity index (χ1v) is 18.2. The molecule has 0 saturated carbocycles. The third-order valence-electron chi connectivity index (χ3n) is 7.85. The van der Waals surface area contributed by atoms with E-state index < -0.39 is 16.1 Å². The lowest BCUT2D eigenvalue weighted by molar-refractivity contribution is -0.121. The number of ether oxygens (including phenoxy) is 1. The summed E-state index contributed by atoms with van der Waals surface area (Å²) in [6.07, 6.45) is 8.52. The summed E-state index contributed by atoms with van der Waals surface area (Å²) in [5, 5.41) is 21.0. The number of fused-ring (bicyclic) bond motifs is 1. The Balaban J connectivity index is 0.000000337. The van der Waals surface area contributed by atoms with Crippen LogP contribution in [0.3, 0.4) is 0 Å². The Hall–Kier alpha value is -3.99. The minimum Gasteiger partial charge on any atom is -0.497 e. The molecule has 1 saturated heterocycles. The van der Waals surface area contributed by atoms with E-state index in [1.165, 1.54) is 4.90 Å². The number of methoxy groups -OCH3 is 1. The first-order valence-electron chi connectivity index (χ1n) is 15.0. The SMILES string of the molecule is COc1ccc2c(c1)C(c1ccc(Cl)cc1)=N[C@@H](CC(=O)NC1CCN(C)C1)C(=N)N2C(C)=N.CS(C)(C)c1ccc(C=O)cc1. The van der Waals surface area contributed by atoms with Crippen LogP contribution in [0.25, 0.3) is 0 Å². The molecule has 0 aromatic heterocycles. The molecule has 1 fully saturated rings. The van der Waals surface area contributed by atoms with Crippen molar-refractivity contribution in [1.29, 1.82) is 10.8 Å². The molecule has 244 valence electrons. The Bertz CT molecular complexity index is 1620. The summed E-state index contributed by atoms with van der Waals surface area (Å²) < 4.78 is 5.45. The monoisotopic (exact) mass is 662 g/mol. The fourth-order valence-electron chi connectivity index (χ4n) is 5.40. The minimum atomic E-state index is -0.761. The van der Waals surface area contributed by atoms with E-state index in [0.717, 1.165) is 42.5 Å². The molecule has 2 aliphatic rings. The van der Waals surface area contributed by atoms with Gasteiger partial charge in [0.2, 0.25) is 5.91 Å². The predicted molar refractivity (Wildman–Crippen MR) is 192 cm³/mol. The lowest BCUT2D eigenvalue weighted by Crippen LogP contribution is -2.44. The number of hydrogen-bond donors (Lipinski definition) is 3. The molecular formula is C35H43ClN6O3S. The van der Waals surface area contributed by atoms with Gasteiger partial charge in [-0.1, -0.05) is 35.9 Å². The fraction of sp³-hybridized carbons (Fsp3) is 0.343. The third-order valence-corrected chi connectivity index (χ3v) is 9.79. The molecule has 0 spiro atoms. The lowest BCUT2D eigenvalue weighted by atomic mass is 9.99. The Morgan fingerprint density at radius 3 is 2.33 bits per heavy atom.